The van der Waals surface area contributed by atoms with Crippen molar-refractivity contribution in [3.05, 3.63) is 53.1 Å². The molecule has 2 aromatic rings. The predicted molar refractivity (Wildman–Crippen MR) is 114 cm³/mol. The Bertz CT molecular complexity index is 861. The van der Waals surface area contributed by atoms with Crippen molar-refractivity contribution < 1.29 is 28.5 Å². The molecule has 1 N–H and O–H groups in total. The second-order valence-corrected chi connectivity index (χ2v) is 6.98. The van der Waals surface area contributed by atoms with Crippen molar-refractivity contribution in [3.8, 4) is 17.2 Å². The summed E-state index contributed by atoms with van der Waals surface area (Å²) in [5.41, 5.74) is 2.56. The fourth-order valence-electron chi connectivity index (χ4n) is 2.86. The van der Waals surface area contributed by atoms with Crippen molar-refractivity contribution >= 4 is 11.9 Å². The number of hydrogen-bond donors (Lipinski definition) is 1. The summed E-state index contributed by atoms with van der Waals surface area (Å²) in [6, 6.07) is 11.3. The third-order valence-electron chi connectivity index (χ3n) is 4.64. The van der Waals surface area contributed by atoms with Gasteiger partial charge in [-0.25, -0.2) is 4.79 Å². The number of ether oxygens (including phenoxy) is 4. The monoisotopic (exact) mass is 415 g/mol. The molecule has 0 saturated heterocycles. The van der Waals surface area contributed by atoms with Crippen LogP contribution >= 0.6 is 0 Å². The summed E-state index contributed by atoms with van der Waals surface area (Å²) in [7, 11) is 4.38. The molecule has 0 fully saturated rings. The van der Waals surface area contributed by atoms with Gasteiger partial charge >= 0.3 is 5.97 Å². The molecule has 0 heterocycles. The van der Waals surface area contributed by atoms with Crippen LogP contribution in [-0.4, -0.2) is 46.4 Å². The van der Waals surface area contributed by atoms with E-state index in [4.69, 9.17) is 18.9 Å². The molecule has 0 radical (unpaired) electrons. The van der Waals surface area contributed by atoms with Crippen LogP contribution in [0.2, 0.25) is 0 Å². The van der Waals surface area contributed by atoms with Gasteiger partial charge in [-0.2, -0.15) is 0 Å². The summed E-state index contributed by atoms with van der Waals surface area (Å²) in [6.07, 6.45) is 0.696. The van der Waals surface area contributed by atoms with E-state index >= 15 is 0 Å². The number of hydrogen-bond acceptors (Lipinski definition) is 6. The van der Waals surface area contributed by atoms with Crippen LogP contribution in [-0.2, 0) is 16.0 Å². The van der Waals surface area contributed by atoms with Crippen LogP contribution in [0.1, 0.15) is 41.3 Å². The Morgan fingerprint density at radius 1 is 0.900 bits per heavy atom. The van der Waals surface area contributed by atoms with Crippen LogP contribution in [0, 0.1) is 0 Å². The molecule has 0 aromatic heterocycles. The average Bonchev–Trinajstić information content (AvgIpc) is 2.76. The summed E-state index contributed by atoms with van der Waals surface area (Å²) in [5, 5.41) is 2.75. The van der Waals surface area contributed by atoms with Crippen LogP contribution in [0.15, 0.2) is 36.4 Å². The number of carbonyl (C=O) groups excluding carboxylic acids is 2. The van der Waals surface area contributed by atoms with Crippen molar-refractivity contribution in [2.75, 3.05) is 34.5 Å². The largest absolute Gasteiger partial charge is 0.496 e. The summed E-state index contributed by atoms with van der Waals surface area (Å²) in [5.74, 6) is 0.470. The second kappa shape index (κ2) is 11.1. The van der Waals surface area contributed by atoms with Gasteiger partial charge in [0.15, 0.2) is 18.1 Å². The molecule has 0 spiro atoms. The third kappa shape index (κ3) is 6.14. The molecule has 0 aliphatic rings. The van der Waals surface area contributed by atoms with Crippen molar-refractivity contribution in [1.82, 2.24) is 5.32 Å². The number of rotatable bonds is 10. The Balaban J connectivity index is 1.86. The lowest BCUT2D eigenvalue weighted by atomic mass is 10.0. The van der Waals surface area contributed by atoms with E-state index < -0.39 is 5.97 Å². The van der Waals surface area contributed by atoms with Crippen LogP contribution in [0.3, 0.4) is 0 Å². The Kier molecular flexibility index (Phi) is 8.53. The predicted octanol–water partition coefficient (Wildman–Crippen LogP) is 3.35. The van der Waals surface area contributed by atoms with Crippen molar-refractivity contribution in [2.45, 2.75) is 26.2 Å². The van der Waals surface area contributed by atoms with Crippen LogP contribution < -0.4 is 19.5 Å². The molecule has 0 aliphatic carbocycles. The minimum Gasteiger partial charge on any atom is -0.496 e. The van der Waals surface area contributed by atoms with E-state index in [0.717, 1.165) is 5.56 Å². The highest BCUT2D eigenvalue weighted by Crippen LogP contribution is 2.34. The lowest BCUT2D eigenvalue weighted by Crippen LogP contribution is -2.30. The van der Waals surface area contributed by atoms with E-state index in [0.29, 0.717) is 30.4 Å². The number of nitrogens with one attached hydrogen (secondary N) is 1. The molecule has 0 bridgehead atoms. The molecule has 0 unspecified atom stereocenters. The molecule has 7 heteroatoms. The van der Waals surface area contributed by atoms with Gasteiger partial charge in [-0.15, -0.1) is 0 Å². The minimum atomic E-state index is -0.688. The van der Waals surface area contributed by atoms with E-state index in [1.165, 1.54) is 39.0 Å². The maximum atomic E-state index is 12.4. The molecule has 30 heavy (non-hydrogen) atoms. The summed E-state index contributed by atoms with van der Waals surface area (Å²) in [4.78, 5) is 24.4. The zero-order chi connectivity index (χ0) is 22.1. The SMILES string of the molecule is COc1cc(OC)c(C(=O)OCC(=O)NCCc2ccc(C(C)C)cc2)cc1OC. The maximum absolute atomic E-state index is 12.4. The second-order valence-electron chi connectivity index (χ2n) is 6.98. The first-order chi connectivity index (χ1) is 14.4. The van der Waals surface area contributed by atoms with Crippen LogP contribution in [0.25, 0.3) is 0 Å². The fourth-order valence-corrected chi connectivity index (χ4v) is 2.86. The highest BCUT2D eigenvalue weighted by atomic mass is 16.5. The Morgan fingerprint density at radius 2 is 1.50 bits per heavy atom. The van der Waals surface area contributed by atoms with Gasteiger partial charge in [0, 0.05) is 18.7 Å². The van der Waals surface area contributed by atoms with Crippen molar-refractivity contribution in [3.63, 3.8) is 0 Å². The van der Waals surface area contributed by atoms with Gasteiger partial charge in [0.1, 0.15) is 11.3 Å². The number of amides is 1. The van der Waals surface area contributed by atoms with Crippen molar-refractivity contribution in [2.24, 2.45) is 0 Å². The first kappa shape index (κ1) is 23.1. The van der Waals surface area contributed by atoms with Gasteiger partial charge in [0.2, 0.25) is 0 Å². The van der Waals surface area contributed by atoms with E-state index in [2.05, 4.69) is 43.4 Å². The summed E-state index contributed by atoms with van der Waals surface area (Å²) >= 11 is 0. The van der Waals surface area contributed by atoms with Gasteiger partial charge in [-0.3, -0.25) is 4.79 Å². The van der Waals surface area contributed by atoms with E-state index in [1.807, 2.05) is 0 Å². The molecule has 0 atom stereocenters. The Hall–Kier alpha value is -3.22. The molecule has 0 aliphatic heterocycles. The molecule has 162 valence electrons. The van der Waals surface area contributed by atoms with Crippen molar-refractivity contribution in [1.29, 1.82) is 0 Å². The molecular weight excluding hydrogens is 386 g/mol. The number of carbonyl (C=O) groups is 2. The normalized spacial score (nSPS) is 10.5. The van der Waals surface area contributed by atoms with E-state index in [1.54, 1.807) is 0 Å². The number of benzene rings is 2. The highest BCUT2D eigenvalue weighted by molar-refractivity contribution is 5.95. The number of methoxy groups -OCH3 is 3. The zero-order valence-corrected chi connectivity index (χ0v) is 18.1. The Morgan fingerprint density at radius 3 is 2.07 bits per heavy atom. The van der Waals surface area contributed by atoms with Gasteiger partial charge < -0.3 is 24.3 Å². The number of esters is 1. The first-order valence-corrected chi connectivity index (χ1v) is 9.72. The zero-order valence-electron chi connectivity index (χ0n) is 18.1. The molecule has 1 amide bonds. The lowest BCUT2D eigenvalue weighted by molar-refractivity contribution is -0.124. The molecule has 0 saturated carbocycles. The smallest absolute Gasteiger partial charge is 0.342 e. The van der Waals surface area contributed by atoms with Gasteiger partial charge in [0.25, 0.3) is 5.91 Å². The average molecular weight is 415 g/mol. The third-order valence-corrected chi connectivity index (χ3v) is 4.64. The minimum absolute atomic E-state index is 0.146. The molecule has 2 aromatic carbocycles. The highest BCUT2D eigenvalue weighted by Gasteiger charge is 2.19. The molecule has 2 rings (SSSR count). The van der Waals surface area contributed by atoms with E-state index in [9.17, 15) is 9.59 Å². The van der Waals surface area contributed by atoms with Crippen LogP contribution in [0.5, 0.6) is 17.2 Å². The summed E-state index contributed by atoms with van der Waals surface area (Å²) < 4.78 is 20.7. The first-order valence-electron chi connectivity index (χ1n) is 9.72. The molecule has 7 nitrogen and oxygen atoms in total. The van der Waals surface area contributed by atoms with Gasteiger partial charge in [-0.05, 0) is 23.5 Å². The lowest BCUT2D eigenvalue weighted by Gasteiger charge is -2.13. The van der Waals surface area contributed by atoms with Gasteiger partial charge in [0.05, 0.1) is 21.3 Å². The van der Waals surface area contributed by atoms with Crippen LogP contribution in [0.4, 0.5) is 0 Å². The molecular formula is C23H29NO6. The quantitative estimate of drug-likeness (QED) is 0.599. The summed E-state index contributed by atoms with van der Waals surface area (Å²) in [6.45, 7) is 4.36. The standard InChI is InChI=1S/C23H29NO6/c1-15(2)17-8-6-16(7-9-17)10-11-24-22(25)14-30-23(26)18-12-20(28-4)21(29-5)13-19(18)27-3/h6-9,12-13,15H,10-11,14H2,1-5H3,(H,24,25). The topological polar surface area (TPSA) is 83.1 Å². The Labute approximate surface area is 177 Å². The van der Waals surface area contributed by atoms with Gasteiger partial charge in [-0.1, -0.05) is 38.1 Å². The maximum Gasteiger partial charge on any atom is 0.342 e. The fraction of sp³-hybridized carbons (Fsp3) is 0.391. The van der Waals surface area contributed by atoms with E-state index in [-0.39, 0.29) is 23.8 Å².